The van der Waals surface area contributed by atoms with Crippen LogP contribution in [0.3, 0.4) is 0 Å². The van der Waals surface area contributed by atoms with E-state index in [9.17, 15) is 9.59 Å². The zero-order valence-electron chi connectivity index (χ0n) is 13.9. The van der Waals surface area contributed by atoms with Gasteiger partial charge in [-0.15, -0.1) is 0 Å². The number of carbonyl (C=O) groups excluding carboxylic acids is 2. The van der Waals surface area contributed by atoms with Crippen LogP contribution in [0.25, 0.3) is 0 Å². The minimum absolute atomic E-state index is 0.173. The summed E-state index contributed by atoms with van der Waals surface area (Å²) < 4.78 is 0. The molecule has 0 aliphatic rings. The van der Waals surface area contributed by atoms with Gasteiger partial charge >= 0.3 is 0 Å². The van der Waals surface area contributed by atoms with Crippen molar-refractivity contribution in [2.45, 2.75) is 20.8 Å². The van der Waals surface area contributed by atoms with Gasteiger partial charge in [0.05, 0.1) is 0 Å². The Morgan fingerprint density at radius 3 is 2.38 bits per heavy atom. The minimum atomic E-state index is -0.390. The Bertz CT molecular complexity index is 760. The van der Waals surface area contributed by atoms with Crippen molar-refractivity contribution in [3.63, 3.8) is 0 Å². The molecule has 1 aromatic carbocycles. The van der Waals surface area contributed by atoms with E-state index in [4.69, 9.17) is 11.6 Å². The maximum atomic E-state index is 12.4. The number of pyridine rings is 1. The second kappa shape index (κ2) is 7.93. The molecule has 24 heavy (non-hydrogen) atoms. The third-order valence-electron chi connectivity index (χ3n) is 3.40. The van der Waals surface area contributed by atoms with E-state index >= 15 is 0 Å². The van der Waals surface area contributed by atoms with E-state index in [1.807, 2.05) is 20.8 Å². The quantitative estimate of drug-likeness (QED) is 0.868. The molecular formula is C18H20ClN3O2. The molecule has 0 bridgehead atoms. The largest absolute Gasteiger partial charge is 0.350 e. The maximum Gasteiger partial charge on any atom is 0.274 e. The van der Waals surface area contributed by atoms with E-state index in [-0.39, 0.29) is 23.2 Å². The lowest BCUT2D eigenvalue weighted by Gasteiger charge is -2.10. The first-order valence-electron chi connectivity index (χ1n) is 7.70. The van der Waals surface area contributed by atoms with Crippen molar-refractivity contribution in [2.75, 3.05) is 11.9 Å². The number of hydrogen-bond donors (Lipinski definition) is 2. The Hall–Kier alpha value is -2.40. The summed E-state index contributed by atoms with van der Waals surface area (Å²) >= 11 is 6.05. The monoisotopic (exact) mass is 345 g/mol. The average Bonchev–Trinajstić information content (AvgIpc) is 2.56. The average molecular weight is 346 g/mol. The van der Waals surface area contributed by atoms with Crippen LogP contribution in [0.15, 0.2) is 36.4 Å². The van der Waals surface area contributed by atoms with E-state index in [0.29, 0.717) is 23.2 Å². The summed E-state index contributed by atoms with van der Waals surface area (Å²) in [6.45, 7) is 6.38. The first-order valence-corrected chi connectivity index (χ1v) is 8.08. The summed E-state index contributed by atoms with van der Waals surface area (Å²) in [6.07, 6.45) is 0. The molecule has 0 aliphatic carbocycles. The Balaban J connectivity index is 2.14. The predicted octanol–water partition coefficient (Wildman–Crippen LogP) is 3.68. The van der Waals surface area contributed by atoms with Gasteiger partial charge in [0.25, 0.3) is 11.8 Å². The molecule has 0 atom stereocenters. The normalized spacial score (nSPS) is 10.5. The standard InChI is InChI=1S/C18H20ClN3O2/c1-11(2)10-20-17(23)15-8-5-9-16(21-15)18(24)22-14-7-4-6-13(19)12(14)3/h4-9,11H,10H2,1-3H3,(H,20,23)(H,22,24). The number of carbonyl (C=O) groups is 2. The number of hydrogen-bond acceptors (Lipinski definition) is 3. The number of anilines is 1. The molecule has 126 valence electrons. The van der Waals surface area contributed by atoms with Crippen LogP contribution >= 0.6 is 11.6 Å². The van der Waals surface area contributed by atoms with Gasteiger partial charge in [-0.2, -0.15) is 0 Å². The van der Waals surface area contributed by atoms with E-state index in [2.05, 4.69) is 15.6 Å². The third kappa shape index (κ3) is 4.55. The highest BCUT2D eigenvalue weighted by atomic mass is 35.5. The number of aromatic nitrogens is 1. The summed E-state index contributed by atoms with van der Waals surface area (Å²) in [5.41, 5.74) is 1.78. The lowest BCUT2D eigenvalue weighted by atomic mass is 10.2. The second-order valence-electron chi connectivity index (χ2n) is 5.88. The van der Waals surface area contributed by atoms with Crippen LogP contribution in [0.5, 0.6) is 0 Å². The van der Waals surface area contributed by atoms with Crippen LogP contribution in [0.1, 0.15) is 40.4 Å². The molecule has 1 heterocycles. The SMILES string of the molecule is Cc1c(Cl)cccc1NC(=O)c1cccc(C(=O)NCC(C)C)n1. The molecule has 0 unspecified atom stereocenters. The number of benzene rings is 1. The molecule has 2 amide bonds. The van der Waals surface area contributed by atoms with Crippen LogP contribution in [0.4, 0.5) is 5.69 Å². The number of halogens is 1. The number of nitrogens with one attached hydrogen (secondary N) is 2. The zero-order valence-corrected chi connectivity index (χ0v) is 14.6. The zero-order chi connectivity index (χ0) is 17.7. The summed E-state index contributed by atoms with van der Waals surface area (Å²) in [5, 5.41) is 6.12. The van der Waals surface area contributed by atoms with Crippen molar-refractivity contribution in [2.24, 2.45) is 5.92 Å². The third-order valence-corrected chi connectivity index (χ3v) is 3.81. The first kappa shape index (κ1) is 17.9. The van der Waals surface area contributed by atoms with Gasteiger partial charge in [0.15, 0.2) is 0 Å². The minimum Gasteiger partial charge on any atom is -0.350 e. The highest BCUT2D eigenvalue weighted by Crippen LogP contribution is 2.23. The van der Waals surface area contributed by atoms with E-state index in [0.717, 1.165) is 5.56 Å². The summed E-state index contributed by atoms with van der Waals surface area (Å²) in [4.78, 5) is 28.6. The molecule has 0 radical (unpaired) electrons. The molecule has 2 aromatic rings. The fourth-order valence-electron chi connectivity index (χ4n) is 2.00. The fraction of sp³-hybridized carbons (Fsp3) is 0.278. The second-order valence-corrected chi connectivity index (χ2v) is 6.29. The Labute approximate surface area is 146 Å². The Morgan fingerprint density at radius 1 is 1.08 bits per heavy atom. The van der Waals surface area contributed by atoms with Crippen molar-refractivity contribution < 1.29 is 9.59 Å². The van der Waals surface area contributed by atoms with Crippen molar-refractivity contribution in [1.82, 2.24) is 10.3 Å². The summed E-state index contributed by atoms with van der Waals surface area (Å²) in [5.74, 6) is -0.345. The molecule has 6 heteroatoms. The Kier molecular flexibility index (Phi) is 5.93. The molecule has 2 rings (SSSR count). The molecule has 1 aromatic heterocycles. The van der Waals surface area contributed by atoms with Crippen LogP contribution in [-0.4, -0.2) is 23.3 Å². The van der Waals surface area contributed by atoms with Crippen molar-refractivity contribution in [3.05, 3.63) is 58.4 Å². The Morgan fingerprint density at radius 2 is 1.71 bits per heavy atom. The predicted molar refractivity (Wildman–Crippen MR) is 95.6 cm³/mol. The van der Waals surface area contributed by atoms with E-state index in [1.54, 1.807) is 36.4 Å². The summed E-state index contributed by atoms with van der Waals surface area (Å²) in [7, 11) is 0. The summed E-state index contributed by atoms with van der Waals surface area (Å²) in [6, 6.07) is 10.1. The number of amides is 2. The van der Waals surface area contributed by atoms with Gasteiger partial charge < -0.3 is 10.6 Å². The number of nitrogens with zero attached hydrogens (tertiary/aromatic N) is 1. The molecule has 0 saturated carbocycles. The fourth-order valence-corrected chi connectivity index (χ4v) is 2.18. The molecule has 0 spiro atoms. The highest BCUT2D eigenvalue weighted by Gasteiger charge is 2.14. The van der Waals surface area contributed by atoms with Gasteiger partial charge in [0, 0.05) is 17.3 Å². The van der Waals surface area contributed by atoms with Gasteiger partial charge in [-0.05, 0) is 42.7 Å². The molecule has 0 aliphatic heterocycles. The number of rotatable bonds is 5. The lowest BCUT2D eigenvalue weighted by Crippen LogP contribution is -2.28. The smallest absolute Gasteiger partial charge is 0.274 e. The van der Waals surface area contributed by atoms with Gasteiger partial charge in [0.1, 0.15) is 11.4 Å². The molecule has 5 nitrogen and oxygen atoms in total. The maximum absolute atomic E-state index is 12.4. The van der Waals surface area contributed by atoms with E-state index < -0.39 is 0 Å². The molecule has 0 saturated heterocycles. The molecule has 2 N–H and O–H groups in total. The van der Waals surface area contributed by atoms with E-state index in [1.165, 1.54) is 0 Å². The van der Waals surface area contributed by atoms with Crippen molar-refractivity contribution >= 4 is 29.1 Å². The van der Waals surface area contributed by atoms with Crippen LogP contribution in [0, 0.1) is 12.8 Å². The molecule has 0 fully saturated rings. The van der Waals surface area contributed by atoms with Gasteiger partial charge in [-0.3, -0.25) is 9.59 Å². The lowest BCUT2D eigenvalue weighted by molar-refractivity contribution is 0.0944. The van der Waals surface area contributed by atoms with Gasteiger partial charge in [-0.1, -0.05) is 37.6 Å². The highest BCUT2D eigenvalue weighted by molar-refractivity contribution is 6.31. The van der Waals surface area contributed by atoms with Crippen LogP contribution in [-0.2, 0) is 0 Å². The molecular weight excluding hydrogens is 326 g/mol. The first-order chi connectivity index (χ1) is 11.4. The van der Waals surface area contributed by atoms with Gasteiger partial charge in [-0.25, -0.2) is 4.98 Å². The topological polar surface area (TPSA) is 71.1 Å². The van der Waals surface area contributed by atoms with Gasteiger partial charge in [0.2, 0.25) is 0 Å². The van der Waals surface area contributed by atoms with Crippen molar-refractivity contribution in [1.29, 1.82) is 0 Å². The van der Waals surface area contributed by atoms with Crippen LogP contribution < -0.4 is 10.6 Å². The van der Waals surface area contributed by atoms with Crippen molar-refractivity contribution in [3.8, 4) is 0 Å². The van der Waals surface area contributed by atoms with Crippen LogP contribution in [0.2, 0.25) is 5.02 Å².